The highest BCUT2D eigenvalue weighted by Crippen LogP contribution is 2.27. The number of hydrogen-bond donors (Lipinski definition) is 1. The molecule has 1 saturated heterocycles. The Kier molecular flexibility index (Phi) is 4.92. The second kappa shape index (κ2) is 6.69. The van der Waals surface area contributed by atoms with Crippen molar-refractivity contribution in [3.63, 3.8) is 0 Å². The first kappa shape index (κ1) is 16.2. The molecule has 1 aliphatic rings. The molecule has 1 heterocycles. The Labute approximate surface area is 127 Å². The molecule has 1 atom stereocenters. The third-order valence-corrected chi connectivity index (χ3v) is 3.58. The zero-order valence-corrected chi connectivity index (χ0v) is 12.5. The van der Waals surface area contributed by atoms with Crippen LogP contribution in [0.2, 0.25) is 0 Å². The second-order valence-corrected chi connectivity index (χ2v) is 5.21. The highest BCUT2D eigenvalue weighted by molar-refractivity contribution is 5.73. The number of nitrogens with zero attached hydrogens (tertiary/aromatic N) is 2. The lowest BCUT2D eigenvalue weighted by Crippen LogP contribution is -2.47. The van der Waals surface area contributed by atoms with Gasteiger partial charge < -0.3 is 15.0 Å². The number of benzene rings is 1. The minimum absolute atomic E-state index is 0.0411. The Morgan fingerprint density at radius 2 is 2.32 bits per heavy atom. The van der Waals surface area contributed by atoms with E-state index in [9.17, 15) is 19.3 Å². The summed E-state index contributed by atoms with van der Waals surface area (Å²) in [7, 11) is 0. The third kappa shape index (κ3) is 3.70. The summed E-state index contributed by atoms with van der Waals surface area (Å²) in [5.74, 6) is -0.552. The summed E-state index contributed by atoms with van der Waals surface area (Å²) in [6, 6.07) is 2.31. The summed E-state index contributed by atoms with van der Waals surface area (Å²) < 4.78 is 19.1. The van der Waals surface area contributed by atoms with Crippen molar-refractivity contribution >= 4 is 17.3 Å². The smallest absolute Gasteiger partial charge is 0.292 e. The molecular formula is C14H18FN3O4. The van der Waals surface area contributed by atoms with Crippen molar-refractivity contribution in [1.82, 2.24) is 4.90 Å². The summed E-state index contributed by atoms with van der Waals surface area (Å²) in [5, 5.41) is 13.9. The van der Waals surface area contributed by atoms with Gasteiger partial charge in [0, 0.05) is 38.7 Å². The van der Waals surface area contributed by atoms with E-state index < -0.39 is 10.7 Å². The summed E-state index contributed by atoms with van der Waals surface area (Å²) in [5.41, 5.74) is 0.142. The molecule has 120 valence electrons. The van der Waals surface area contributed by atoms with Crippen molar-refractivity contribution in [2.24, 2.45) is 0 Å². The summed E-state index contributed by atoms with van der Waals surface area (Å²) >= 11 is 0. The largest absolute Gasteiger partial charge is 0.377 e. The first-order valence-corrected chi connectivity index (χ1v) is 6.94. The van der Waals surface area contributed by atoms with Gasteiger partial charge in [-0.05, 0) is 12.5 Å². The first-order valence-electron chi connectivity index (χ1n) is 6.94. The number of nitro groups is 1. The lowest BCUT2D eigenvalue weighted by atomic mass is 10.1. The van der Waals surface area contributed by atoms with Gasteiger partial charge in [-0.3, -0.25) is 14.9 Å². The van der Waals surface area contributed by atoms with Crippen LogP contribution in [0.4, 0.5) is 15.8 Å². The van der Waals surface area contributed by atoms with Crippen LogP contribution in [0.1, 0.15) is 12.5 Å². The minimum Gasteiger partial charge on any atom is -0.377 e. The molecular weight excluding hydrogens is 293 g/mol. The van der Waals surface area contributed by atoms with Crippen LogP contribution in [0.5, 0.6) is 0 Å². The minimum atomic E-state index is -0.557. The fraction of sp³-hybridized carbons (Fsp3) is 0.500. The van der Waals surface area contributed by atoms with Gasteiger partial charge in [0.25, 0.3) is 5.69 Å². The molecule has 1 N–H and O–H groups in total. The molecule has 8 heteroatoms. The number of halogens is 1. The van der Waals surface area contributed by atoms with Crippen LogP contribution in [0.25, 0.3) is 0 Å². The number of anilines is 1. The van der Waals surface area contributed by atoms with Crippen LogP contribution >= 0.6 is 0 Å². The molecule has 0 aromatic heterocycles. The van der Waals surface area contributed by atoms with Gasteiger partial charge in [-0.25, -0.2) is 4.39 Å². The van der Waals surface area contributed by atoms with Crippen molar-refractivity contribution in [1.29, 1.82) is 0 Å². The molecule has 1 aromatic carbocycles. The molecule has 7 nitrogen and oxygen atoms in total. The SMILES string of the molecule is CC(=O)N1CCOC(CNc2cc(F)c(C)cc2[N+](=O)[O-])C1. The van der Waals surface area contributed by atoms with Crippen molar-refractivity contribution in [2.45, 2.75) is 20.0 Å². The average Bonchev–Trinajstić information content (AvgIpc) is 2.48. The average molecular weight is 311 g/mol. The van der Waals surface area contributed by atoms with Gasteiger partial charge in [0.15, 0.2) is 0 Å². The van der Waals surface area contributed by atoms with Crippen molar-refractivity contribution < 1.29 is 18.8 Å². The monoisotopic (exact) mass is 311 g/mol. The predicted molar refractivity (Wildman–Crippen MR) is 78.3 cm³/mol. The molecule has 2 rings (SSSR count). The number of amides is 1. The van der Waals surface area contributed by atoms with E-state index in [0.717, 1.165) is 6.07 Å². The van der Waals surface area contributed by atoms with E-state index >= 15 is 0 Å². The maximum absolute atomic E-state index is 13.6. The van der Waals surface area contributed by atoms with Gasteiger partial charge in [0.1, 0.15) is 11.5 Å². The van der Waals surface area contributed by atoms with E-state index in [1.54, 1.807) is 4.90 Å². The molecule has 0 bridgehead atoms. The fourth-order valence-electron chi connectivity index (χ4n) is 2.31. The molecule has 1 fully saturated rings. The number of nitrogens with one attached hydrogen (secondary N) is 1. The Morgan fingerprint density at radius 1 is 1.59 bits per heavy atom. The van der Waals surface area contributed by atoms with Crippen LogP contribution in [-0.4, -0.2) is 48.1 Å². The number of ether oxygens (including phenoxy) is 1. The maximum atomic E-state index is 13.6. The summed E-state index contributed by atoms with van der Waals surface area (Å²) in [4.78, 5) is 23.5. The summed E-state index contributed by atoms with van der Waals surface area (Å²) in [6.07, 6.45) is -0.290. The van der Waals surface area contributed by atoms with E-state index in [0.29, 0.717) is 19.7 Å². The molecule has 1 amide bonds. The first-order chi connectivity index (χ1) is 10.4. The molecule has 0 spiro atoms. The third-order valence-electron chi connectivity index (χ3n) is 3.58. The number of carbonyl (C=O) groups excluding carboxylic acids is 1. The van der Waals surface area contributed by atoms with E-state index in [2.05, 4.69) is 5.32 Å². The quantitative estimate of drug-likeness (QED) is 0.676. The normalized spacial score (nSPS) is 18.1. The predicted octanol–water partition coefficient (Wildman–Crippen LogP) is 1.70. The van der Waals surface area contributed by atoms with E-state index in [-0.39, 0.29) is 35.5 Å². The van der Waals surface area contributed by atoms with Crippen LogP contribution < -0.4 is 5.32 Å². The van der Waals surface area contributed by atoms with Crippen LogP contribution in [0.15, 0.2) is 12.1 Å². The van der Waals surface area contributed by atoms with Gasteiger partial charge in [0.05, 0.1) is 17.6 Å². The van der Waals surface area contributed by atoms with Crippen LogP contribution in [-0.2, 0) is 9.53 Å². The topological polar surface area (TPSA) is 84.7 Å². The van der Waals surface area contributed by atoms with Crippen LogP contribution in [0.3, 0.4) is 0 Å². The van der Waals surface area contributed by atoms with E-state index in [1.807, 2.05) is 0 Å². The molecule has 1 aliphatic heterocycles. The number of morpholine rings is 1. The zero-order chi connectivity index (χ0) is 16.3. The number of nitro benzene ring substituents is 1. The fourth-order valence-corrected chi connectivity index (χ4v) is 2.31. The Hall–Kier alpha value is -2.22. The van der Waals surface area contributed by atoms with Gasteiger partial charge in [0.2, 0.25) is 5.91 Å². The number of carbonyl (C=O) groups is 1. The summed E-state index contributed by atoms with van der Waals surface area (Å²) in [6.45, 7) is 4.57. The van der Waals surface area contributed by atoms with Gasteiger partial charge in [-0.2, -0.15) is 0 Å². The van der Waals surface area contributed by atoms with Crippen molar-refractivity contribution in [2.75, 3.05) is 31.6 Å². The highest BCUT2D eigenvalue weighted by Gasteiger charge is 2.23. The molecule has 1 aromatic rings. The molecule has 0 aliphatic carbocycles. The molecule has 0 radical (unpaired) electrons. The highest BCUT2D eigenvalue weighted by atomic mass is 19.1. The molecule has 22 heavy (non-hydrogen) atoms. The van der Waals surface area contributed by atoms with Gasteiger partial charge >= 0.3 is 0 Å². The molecule has 1 unspecified atom stereocenters. The van der Waals surface area contributed by atoms with Crippen molar-refractivity contribution in [3.8, 4) is 0 Å². The number of rotatable bonds is 4. The second-order valence-electron chi connectivity index (χ2n) is 5.21. The van der Waals surface area contributed by atoms with E-state index in [1.165, 1.54) is 19.9 Å². The van der Waals surface area contributed by atoms with E-state index in [4.69, 9.17) is 4.74 Å². The Bertz CT molecular complexity index is 594. The lowest BCUT2D eigenvalue weighted by molar-refractivity contribution is -0.384. The van der Waals surface area contributed by atoms with Crippen LogP contribution in [0, 0.1) is 22.9 Å². The Morgan fingerprint density at radius 3 is 2.95 bits per heavy atom. The van der Waals surface area contributed by atoms with Gasteiger partial charge in [-0.1, -0.05) is 0 Å². The van der Waals surface area contributed by atoms with Gasteiger partial charge in [-0.15, -0.1) is 0 Å². The lowest BCUT2D eigenvalue weighted by Gasteiger charge is -2.32. The number of hydrogen-bond acceptors (Lipinski definition) is 5. The zero-order valence-electron chi connectivity index (χ0n) is 12.5. The maximum Gasteiger partial charge on any atom is 0.292 e. The standard InChI is InChI=1S/C14H18FN3O4/c1-9-5-14(18(20)21)13(6-12(9)15)16-7-11-8-17(10(2)19)3-4-22-11/h5-6,11,16H,3-4,7-8H2,1-2H3. The molecule has 0 saturated carbocycles. The number of aryl methyl sites for hydroxylation is 1. The van der Waals surface area contributed by atoms with Crippen molar-refractivity contribution in [3.05, 3.63) is 33.6 Å². The Balaban J connectivity index is 2.06.